The highest BCUT2D eigenvalue weighted by Crippen LogP contribution is 2.55. The lowest BCUT2D eigenvalue weighted by molar-refractivity contribution is 0.515. The molecule has 2 heterocycles. The van der Waals surface area contributed by atoms with Gasteiger partial charge in [0.2, 0.25) is 0 Å². The lowest BCUT2D eigenvalue weighted by atomic mass is 9.76. The molecule has 2 unspecified atom stereocenters. The van der Waals surface area contributed by atoms with Crippen molar-refractivity contribution in [2.75, 3.05) is 4.90 Å². The molecule has 1 aliphatic heterocycles. The smallest absolute Gasteiger partial charge is 0.106 e. The first-order chi connectivity index (χ1) is 27.8. The fourth-order valence-electron chi connectivity index (χ4n) is 8.96. The zero-order valence-corrected chi connectivity index (χ0v) is 33.8. The summed E-state index contributed by atoms with van der Waals surface area (Å²) in [5.41, 5.74) is 12.8. The molecule has 6 aromatic carbocycles. The third kappa shape index (κ3) is 5.93. The van der Waals surface area contributed by atoms with Crippen molar-refractivity contribution in [2.24, 2.45) is 4.99 Å². The first-order valence-corrected chi connectivity index (χ1v) is 20.5. The molecule has 2 nitrogen and oxygen atoms in total. The number of terminal acetylenes is 1. The van der Waals surface area contributed by atoms with Gasteiger partial charge < -0.3 is 4.90 Å². The Hall–Kier alpha value is -6.43. The van der Waals surface area contributed by atoms with Gasteiger partial charge >= 0.3 is 0 Å². The van der Waals surface area contributed by atoms with E-state index in [1.165, 1.54) is 59.0 Å². The van der Waals surface area contributed by atoms with Gasteiger partial charge in [-0.3, -0.25) is 4.99 Å². The van der Waals surface area contributed by atoms with Crippen molar-refractivity contribution in [3.8, 4) is 23.5 Å². The van der Waals surface area contributed by atoms with E-state index >= 15 is 0 Å². The highest BCUT2D eigenvalue weighted by molar-refractivity contribution is 7.26. The highest BCUT2D eigenvalue weighted by Gasteiger charge is 2.49. The lowest BCUT2D eigenvalue weighted by Crippen LogP contribution is -2.45. The fraction of sp³-hybridized carbons (Fsp3) is 0.148. The molecule has 2 atom stereocenters. The Morgan fingerprint density at radius 2 is 1.63 bits per heavy atom. The molecular weight excluding hydrogens is 709 g/mol. The number of fused-ring (bicyclic) bond motifs is 8. The number of benzene rings is 6. The quantitative estimate of drug-likeness (QED) is 0.0899. The third-order valence-electron chi connectivity index (χ3n) is 12.0. The van der Waals surface area contributed by atoms with E-state index in [4.69, 9.17) is 11.4 Å². The van der Waals surface area contributed by atoms with Gasteiger partial charge in [-0.2, -0.15) is 0 Å². The number of hydrogen-bond acceptors (Lipinski definition) is 3. The summed E-state index contributed by atoms with van der Waals surface area (Å²) in [6.45, 7) is 12.7. The molecule has 9 rings (SSSR count). The molecule has 0 amide bonds. The van der Waals surface area contributed by atoms with E-state index in [9.17, 15) is 0 Å². The first-order valence-electron chi connectivity index (χ1n) is 19.7. The number of aliphatic imine (C=N–C) groups is 1. The number of thiophene rings is 1. The number of nitrogens with zero attached hydrogens (tertiary/aromatic N) is 2. The van der Waals surface area contributed by atoms with Crippen molar-refractivity contribution in [3.05, 3.63) is 191 Å². The Balaban J connectivity index is 1.20. The van der Waals surface area contributed by atoms with Gasteiger partial charge in [0.05, 0.1) is 5.70 Å². The van der Waals surface area contributed by atoms with Gasteiger partial charge in [-0.05, 0) is 110 Å². The average Bonchev–Trinajstić information content (AvgIpc) is 3.76. The van der Waals surface area contributed by atoms with Crippen LogP contribution in [0.4, 0.5) is 5.69 Å². The number of rotatable bonds is 7. The molecule has 0 bridgehead atoms. The van der Waals surface area contributed by atoms with Gasteiger partial charge in [0.1, 0.15) is 5.54 Å². The van der Waals surface area contributed by atoms with Gasteiger partial charge in [-0.15, -0.1) is 23.5 Å². The molecule has 1 aromatic heterocycles. The number of hydrogen-bond donors (Lipinski definition) is 0. The Labute approximate surface area is 339 Å². The van der Waals surface area contributed by atoms with E-state index in [2.05, 4.69) is 184 Å². The maximum atomic E-state index is 6.32. The maximum absolute atomic E-state index is 6.32. The van der Waals surface area contributed by atoms with E-state index in [0.29, 0.717) is 0 Å². The summed E-state index contributed by atoms with van der Waals surface area (Å²) in [5, 5.41) is 6.94. The molecule has 0 fully saturated rings. The summed E-state index contributed by atoms with van der Waals surface area (Å²) >= 11 is 1.85. The number of allylic oxidation sites excluding steroid dienone is 5. The van der Waals surface area contributed by atoms with Gasteiger partial charge in [0.15, 0.2) is 0 Å². The second-order valence-electron chi connectivity index (χ2n) is 15.6. The predicted octanol–water partition coefficient (Wildman–Crippen LogP) is 12.4. The minimum absolute atomic E-state index is 0.164. The van der Waals surface area contributed by atoms with E-state index in [-0.39, 0.29) is 5.41 Å². The van der Waals surface area contributed by atoms with Gasteiger partial charge in [-0.1, -0.05) is 122 Å². The van der Waals surface area contributed by atoms with Crippen LogP contribution >= 0.6 is 11.3 Å². The van der Waals surface area contributed by atoms with E-state index in [0.717, 1.165) is 45.8 Å². The standard InChI is InChI=1S/C54H44N2S/c1-7-10-31-53(5,9-3)56-47-29-27-40(34-46(47)54(6)32-19-18-26-50(54)56)39-28-30-48-45(33-39)51-43-25-17-16-24-42(43)44(35-49(51)57-48)36(4)55-52(38-21-12-11-13-22-38)41-23-15-14-20-37(41)8-2/h3,7,10-30,33-35H,2,31-32H2,1,4-6H3/b10-7-,52-41-,55-36?. The van der Waals surface area contributed by atoms with Crippen molar-refractivity contribution in [1.29, 1.82) is 0 Å². The Morgan fingerprint density at radius 3 is 2.42 bits per heavy atom. The summed E-state index contributed by atoms with van der Waals surface area (Å²) in [6, 6.07) is 43.8. The Kier molecular flexibility index (Phi) is 9.06. The molecule has 0 saturated carbocycles. The van der Waals surface area contributed by atoms with Crippen LogP contribution in [0.25, 0.3) is 53.5 Å². The third-order valence-corrected chi connectivity index (χ3v) is 13.1. The molecule has 1 aliphatic carbocycles. The lowest BCUT2D eigenvalue weighted by Gasteiger charge is -2.40. The fourth-order valence-corrected chi connectivity index (χ4v) is 10.1. The van der Waals surface area contributed by atoms with Crippen molar-refractivity contribution >= 4 is 65.1 Å². The van der Waals surface area contributed by atoms with Crippen LogP contribution in [0.1, 0.15) is 57.2 Å². The van der Waals surface area contributed by atoms with Gasteiger partial charge in [-0.25, -0.2) is 0 Å². The van der Waals surface area contributed by atoms with Crippen molar-refractivity contribution in [3.63, 3.8) is 0 Å². The van der Waals surface area contributed by atoms with Crippen LogP contribution in [0.3, 0.4) is 0 Å². The Bertz CT molecular complexity index is 3090. The van der Waals surface area contributed by atoms with E-state index in [1.807, 2.05) is 29.5 Å². The van der Waals surface area contributed by atoms with Crippen LogP contribution < -0.4 is 15.3 Å². The predicted molar refractivity (Wildman–Crippen MR) is 247 cm³/mol. The number of anilines is 1. The first kappa shape index (κ1) is 36.2. The summed E-state index contributed by atoms with van der Waals surface area (Å²) in [6.07, 6.45) is 19.1. The summed E-state index contributed by atoms with van der Waals surface area (Å²) < 4.78 is 2.52. The van der Waals surface area contributed by atoms with Crippen LogP contribution in [0.15, 0.2) is 169 Å². The van der Waals surface area contributed by atoms with Crippen LogP contribution in [0.2, 0.25) is 0 Å². The second-order valence-corrected chi connectivity index (χ2v) is 16.6. The zero-order chi connectivity index (χ0) is 39.3. The van der Waals surface area contributed by atoms with E-state index in [1.54, 1.807) is 0 Å². The van der Waals surface area contributed by atoms with Crippen LogP contribution in [0, 0.1) is 12.3 Å². The van der Waals surface area contributed by atoms with Crippen molar-refractivity contribution in [2.45, 2.75) is 51.5 Å². The molecule has 0 saturated heterocycles. The van der Waals surface area contributed by atoms with E-state index < -0.39 is 5.54 Å². The van der Waals surface area contributed by atoms with Crippen LogP contribution in [0.5, 0.6) is 0 Å². The molecule has 2 aliphatic rings. The van der Waals surface area contributed by atoms with Gasteiger partial charge in [0.25, 0.3) is 0 Å². The molecule has 0 radical (unpaired) electrons. The minimum Gasteiger partial charge on any atom is -0.327 e. The largest absolute Gasteiger partial charge is 0.327 e. The van der Waals surface area contributed by atoms with Crippen LogP contribution in [-0.2, 0) is 5.41 Å². The Morgan fingerprint density at radius 1 is 0.895 bits per heavy atom. The summed E-state index contributed by atoms with van der Waals surface area (Å²) in [7, 11) is 0. The van der Waals surface area contributed by atoms with Gasteiger partial charge in [0, 0.05) is 64.2 Å². The van der Waals surface area contributed by atoms with Crippen molar-refractivity contribution in [1.82, 2.24) is 0 Å². The van der Waals surface area contributed by atoms with Crippen LogP contribution in [-0.4, -0.2) is 11.3 Å². The monoisotopic (exact) mass is 752 g/mol. The topological polar surface area (TPSA) is 15.6 Å². The summed E-state index contributed by atoms with van der Waals surface area (Å²) in [5.74, 6) is 3.18. The molecule has 3 heteroatoms. The molecule has 0 N–H and O–H groups in total. The average molecular weight is 753 g/mol. The SMILES string of the molecule is C#CC(C)(C/C=C\C)N1C2=CC=CCC2(C)c2cc(-c3ccc4sc5cc(C(C)=N/C(c6ccccc6)=c6/ccccc6=C=C)c6ccccc6c5c4c3)ccc21. The molecular formula is C54H44N2S. The maximum Gasteiger partial charge on any atom is 0.106 e. The highest BCUT2D eigenvalue weighted by atomic mass is 32.1. The molecule has 7 aromatic rings. The van der Waals surface area contributed by atoms with Crippen molar-refractivity contribution < 1.29 is 0 Å². The normalized spacial score (nSPS) is 18.0. The molecule has 276 valence electrons. The molecule has 0 spiro atoms. The zero-order valence-electron chi connectivity index (χ0n) is 32.9. The second kappa shape index (κ2) is 14.3. The molecule has 57 heavy (non-hydrogen) atoms. The minimum atomic E-state index is -0.481. The summed E-state index contributed by atoms with van der Waals surface area (Å²) in [4.78, 5) is 7.84.